The zero-order chi connectivity index (χ0) is 11.3. The third kappa shape index (κ3) is 1.12. The van der Waals surface area contributed by atoms with Gasteiger partial charge < -0.3 is 10.0 Å². The number of aliphatic carboxylic acids is 1. The number of benzene rings is 1. The second-order valence-corrected chi connectivity index (χ2v) is 4.95. The first kappa shape index (κ1) is 9.72. The molecule has 4 nitrogen and oxygen atoms in total. The van der Waals surface area contributed by atoms with E-state index in [1.54, 1.807) is 12.1 Å². The predicted molar refractivity (Wildman–Crippen MR) is 59.2 cm³/mol. The van der Waals surface area contributed by atoms with E-state index in [2.05, 4.69) is 0 Å². The van der Waals surface area contributed by atoms with Crippen molar-refractivity contribution in [1.29, 1.82) is 0 Å². The molecule has 1 saturated heterocycles. The van der Waals surface area contributed by atoms with E-state index in [9.17, 15) is 9.59 Å². The number of carboxylic acids is 1. The predicted octanol–water partition coefficient (Wildman–Crippen LogP) is 1.34. The molecule has 2 heterocycles. The van der Waals surface area contributed by atoms with Crippen LogP contribution in [0, 0.1) is 0 Å². The highest BCUT2D eigenvalue weighted by Crippen LogP contribution is 2.47. The van der Waals surface area contributed by atoms with Crippen LogP contribution in [0.4, 0.5) is 0 Å². The van der Waals surface area contributed by atoms with Crippen LogP contribution in [0.25, 0.3) is 0 Å². The monoisotopic (exact) mass is 235 g/mol. The van der Waals surface area contributed by atoms with Crippen molar-refractivity contribution >= 4 is 23.6 Å². The van der Waals surface area contributed by atoms with Crippen molar-refractivity contribution in [1.82, 2.24) is 4.90 Å². The average Bonchev–Trinajstić information content (AvgIpc) is 2.81. The van der Waals surface area contributed by atoms with Crippen molar-refractivity contribution in [3.63, 3.8) is 0 Å². The lowest BCUT2D eigenvalue weighted by Crippen LogP contribution is -2.39. The second-order valence-electron chi connectivity index (χ2n) is 3.84. The number of thioether (sulfide) groups is 1. The molecule has 1 amide bonds. The van der Waals surface area contributed by atoms with E-state index in [1.807, 2.05) is 12.1 Å². The first-order chi connectivity index (χ1) is 7.70. The molecule has 1 N–H and O–H groups in total. The standard InChI is InChI=1S/C11H9NO3S/c13-9-6-3-1-2-4-7(6)10-12(9)8(5-16-10)11(14)15/h1-4,8,10H,5H2,(H,14,15)/t8-,10+/m1/s1. The molecule has 5 heteroatoms. The quantitative estimate of drug-likeness (QED) is 0.798. The van der Waals surface area contributed by atoms with E-state index in [4.69, 9.17) is 5.11 Å². The number of rotatable bonds is 1. The Morgan fingerprint density at radius 1 is 1.44 bits per heavy atom. The lowest BCUT2D eigenvalue weighted by Gasteiger charge is -2.19. The summed E-state index contributed by atoms with van der Waals surface area (Å²) in [5.41, 5.74) is 1.59. The molecule has 2 atom stereocenters. The van der Waals surface area contributed by atoms with Crippen molar-refractivity contribution in [3.05, 3.63) is 35.4 Å². The fraction of sp³-hybridized carbons (Fsp3) is 0.273. The van der Waals surface area contributed by atoms with Crippen molar-refractivity contribution in [2.75, 3.05) is 5.75 Å². The topological polar surface area (TPSA) is 57.6 Å². The fourth-order valence-electron chi connectivity index (χ4n) is 2.23. The zero-order valence-electron chi connectivity index (χ0n) is 8.29. The van der Waals surface area contributed by atoms with Crippen LogP contribution in [0.5, 0.6) is 0 Å². The van der Waals surface area contributed by atoms with Crippen LogP contribution in [0.3, 0.4) is 0 Å². The molecule has 1 fully saturated rings. The molecule has 3 rings (SSSR count). The van der Waals surface area contributed by atoms with E-state index in [1.165, 1.54) is 16.7 Å². The highest BCUT2D eigenvalue weighted by Gasteiger charge is 2.48. The summed E-state index contributed by atoms with van der Waals surface area (Å²) in [6.45, 7) is 0. The van der Waals surface area contributed by atoms with Crippen LogP contribution >= 0.6 is 11.8 Å². The molecular weight excluding hydrogens is 226 g/mol. The molecular formula is C11H9NO3S. The maximum Gasteiger partial charge on any atom is 0.327 e. The zero-order valence-corrected chi connectivity index (χ0v) is 9.11. The van der Waals surface area contributed by atoms with Gasteiger partial charge in [-0.05, 0) is 11.6 Å². The molecule has 0 aromatic heterocycles. The van der Waals surface area contributed by atoms with Gasteiger partial charge in [0.25, 0.3) is 5.91 Å². The van der Waals surface area contributed by atoms with Gasteiger partial charge in [0.05, 0.1) is 0 Å². The second kappa shape index (κ2) is 3.25. The van der Waals surface area contributed by atoms with Crippen molar-refractivity contribution in [2.24, 2.45) is 0 Å². The highest BCUT2D eigenvalue weighted by atomic mass is 32.2. The Morgan fingerprint density at radius 2 is 2.19 bits per heavy atom. The lowest BCUT2D eigenvalue weighted by molar-refractivity contribution is -0.141. The Balaban J connectivity index is 2.07. The van der Waals surface area contributed by atoms with Gasteiger partial charge in [0.15, 0.2) is 0 Å². The molecule has 1 aromatic carbocycles. The number of carboxylic acid groups (broad SMARTS) is 1. The molecule has 2 aliphatic heterocycles. The third-order valence-electron chi connectivity index (χ3n) is 2.98. The van der Waals surface area contributed by atoms with Gasteiger partial charge in [-0.3, -0.25) is 4.79 Å². The Hall–Kier alpha value is -1.49. The molecule has 82 valence electrons. The third-order valence-corrected chi connectivity index (χ3v) is 4.28. The largest absolute Gasteiger partial charge is 0.480 e. The Kier molecular flexibility index (Phi) is 1.97. The SMILES string of the molecule is O=C(O)[C@H]1CS[C@H]2c3ccccc3C(=O)N12. The summed E-state index contributed by atoms with van der Waals surface area (Å²) in [5, 5.41) is 8.94. The van der Waals surface area contributed by atoms with Crippen LogP contribution in [0.1, 0.15) is 21.3 Å². The average molecular weight is 235 g/mol. The summed E-state index contributed by atoms with van der Waals surface area (Å²) in [5.74, 6) is -0.603. The normalized spacial score (nSPS) is 26.8. The number of carbonyl (C=O) groups excluding carboxylic acids is 1. The highest BCUT2D eigenvalue weighted by molar-refractivity contribution is 7.99. The summed E-state index contributed by atoms with van der Waals surface area (Å²) in [6, 6.07) is 6.66. The Labute approximate surface area is 96.2 Å². The molecule has 0 saturated carbocycles. The fourth-order valence-corrected chi connectivity index (χ4v) is 3.69. The van der Waals surface area contributed by atoms with E-state index in [0.717, 1.165) is 5.56 Å². The minimum absolute atomic E-state index is 0.107. The van der Waals surface area contributed by atoms with Crippen LogP contribution in [-0.2, 0) is 4.79 Å². The number of hydrogen-bond donors (Lipinski definition) is 1. The number of amides is 1. The summed E-state index contributed by atoms with van der Waals surface area (Å²) < 4.78 is 0. The molecule has 0 spiro atoms. The van der Waals surface area contributed by atoms with Crippen molar-refractivity contribution in [2.45, 2.75) is 11.4 Å². The molecule has 0 aliphatic carbocycles. The summed E-state index contributed by atoms with van der Waals surface area (Å²) in [6.07, 6.45) is 0. The van der Waals surface area contributed by atoms with Crippen molar-refractivity contribution < 1.29 is 14.7 Å². The lowest BCUT2D eigenvalue weighted by atomic mass is 10.1. The van der Waals surface area contributed by atoms with Crippen LogP contribution in [0.2, 0.25) is 0 Å². The molecule has 16 heavy (non-hydrogen) atoms. The molecule has 0 radical (unpaired) electrons. The van der Waals surface area contributed by atoms with Gasteiger partial charge in [-0.2, -0.15) is 0 Å². The van der Waals surface area contributed by atoms with Crippen LogP contribution in [0.15, 0.2) is 24.3 Å². The first-order valence-corrected chi connectivity index (χ1v) is 6.01. The Morgan fingerprint density at radius 3 is 2.94 bits per heavy atom. The van der Waals surface area contributed by atoms with Crippen LogP contribution in [-0.4, -0.2) is 33.7 Å². The molecule has 0 bridgehead atoms. The number of hydrogen-bond acceptors (Lipinski definition) is 3. The molecule has 0 unspecified atom stereocenters. The smallest absolute Gasteiger partial charge is 0.327 e. The number of carbonyl (C=O) groups is 2. The minimum atomic E-state index is -0.920. The minimum Gasteiger partial charge on any atom is -0.480 e. The maximum atomic E-state index is 12.0. The van der Waals surface area contributed by atoms with Gasteiger partial charge in [0.1, 0.15) is 11.4 Å². The summed E-state index contributed by atoms with van der Waals surface area (Å²) in [4.78, 5) is 24.6. The van der Waals surface area contributed by atoms with E-state index in [-0.39, 0.29) is 11.3 Å². The van der Waals surface area contributed by atoms with E-state index >= 15 is 0 Å². The summed E-state index contributed by atoms with van der Waals surface area (Å²) in [7, 11) is 0. The number of fused-ring (bicyclic) bond motifs is 3. The molecule has 2 aliphatic rings. The van der Waals surface area contributed by atoms with Gasteiger partial charge in [0, 0.05) is 11.3 Å². The first-order valence-electron chi connectivity index (χ1n) is 4.96. The van der Waals surface area contributed by atoms with Gasteiger partial charge >= 0.3 is 5.97 Å². The van der Waals surface area contributed by atoms with E-state index < -0.39 is 12.0 Å². The van der Waals surface area contributed by atoms with Crippen molar-refractivity contribution in [3.8, 4) is 0 Å². The van der Waals surface area contributed by atoms with Gasteiger partial charge in [-0.25, -0.2) is 4.79 Å². The van der Waals surface area contributed by atoms with Gasteiger partial charge in [-0.15, -0.1) is 11.8 Å². The molecule has 1 aromatic rings. The van der Waals surface area contributed by atoms with E-state index in [0.29, 0.717) is 11.3 Å². The van der Waals surface area contributed by atoms with Gasteiger partial charge in [0.2, 0.25) is 0 Å². The van der Waals surface area contributed by atoms with Gasteiger partial charge in [-0.1, -0.05) is 18.2 Å². The Bertz CT molecular complexity index is 488. The maximum absolute atomic E-state index is 12.0. The number of nitrogens with zero attached hydrogens (tertiary/aromatic N) is 1. The van der Waals surface area contributed by atoms with Crippen LogP contribution < -0.4 is 0 Å². The summed E-state index contributed by atoms with van der Waals surface area (Å²) >= 11 is 1.52.